The molecule has 128 valence electrons. The highest BCUT2D eigenvalue weighted by Gasteiger charge is 2.39. The van der Waals surface area contributed by atoms with Crippen molar-refractivity contribution in [2.75, 3.05) is 13.1 Å². The van der Waals surface area contributed by atoms with E-state index in [1.807, 2.05) is 0 Å². The van der Waals surface area contributed by atoms with E-state index in [1.54, 1.807) is 20.8 Å². The third-order valence-corrected chi connectivity index (χ3v) is 3.60. The maximum atomic E-state index is 12.1. The van der Waals surface area contributed by atoms with Gasteiger partial charge in [-0.15, -0.1) is 0 Å². The number of carbonyl (C=O) groups excluding carboxylic acids is 3. The third kappa shape index (κ3) is 4.94. The zero-order valence-electron chi connectivity index (χ0n) is 13.8. The molecule has 2 rings (SSSR count). The number of rotatable bonds is 5. The summed E-state index contributed by atoms with van der Waals surface area (Å²) < 4.78 is 5.28. The van der Waals surface area contributed by atoms with Crippen LogP contribution in [0.25, 0.3) is 0 Å². The van der Waals surface area contributed by atoms with Crippen molar-refractivity contribution in [3.05, 3.63) is 0 Å². The lowest BCUT2D eigenvalue weighted by atomic mass is 10.0. The van der Waals surface area contributed by atoms with E-state index in [-0.39, 0.29) is 11.8 Å². The molecule has 0 aromatic carbocycles. The number of ether oxygens (including phenoxy) is 1. The first kappa shape index (κ1) is 17.2. The van der Waals surface area contributed by atoms with Gasteiger partial charge in [0, 0.05) is 18.8 Å². The summed E-state index contributed by atoms with van der Waals surface area (Å²) in [7, 11) is 0. The van der Waals surface area contributed by atoms with Gasteiger partial charge in [0.05, 0.1) is 6.42 Å². The fraction of sp³-hybridized carbons (Fsp3) is 0.733. The molecule has 0 saturated carbocycles. The molecule has 2 aliphatic rings. The van der Waals surface area contributed by atoms with Gasteiger partial charge in [-0.2, -0.15) is 5.10 Å². The first-order valence-corrected chi connectivity index (χ1v) is 7.88. The van der Waals surface area contributed by atoms with Gasteiger partial charge in [-0.3, -0.25) is 14.5 Å². The monoisotopic (exact) mass is 324 g/mol. The van der Waals surface area contributed by atoms with Crippen LogP contribution in [0.4, 0.5) is 4.79 Å². The second kappa shape index (κ2) is 6.97. The van der Waals surface area contributed by atoms with E-state index in [1.165, 1.54) is 4.90 Å². The first-order valence-electron chi connectivity index (χ1n) is 7.88. The molecule has 2 heterocycles. The Morgan fingerprint density at radius 1 is 1.43 bits per heavy atom. The summed E-state index contributed by atoms with van der Waals surface area (Å²) in [5.41, 5.74) is 2.64. The number of hydrogen-bond acceptors (Lipinski definition) is 5. The summed E-state index contributed by atoms with van der Waals surface area (Å²) in [5, 5.41) is 6.72. The molecule has 1 fully saturated rings. The van der Waals surface area contributed by atoms with Gasteiger partial charge in [0.2, 0.25) is 11.8 Å². The van der Waals surface area contributed by atoms with E-state index in [9.17, 15) is 14.4 Å². The summed E-state index contributed by atoms with van der Waals surface area (Å²) >= 11 is 0. The Morgan fingerprint density at radius 3 is 2.70 bits per heavy atom. The molecule has 0 aliphatic carbocycles. The van der Waals surface area contributed by atoms with E-state index in [2.05, 4.69) is 15.8 Å². The topological polar surface area (TPSA) is 100 Å². The maximum absolute atomic E-state index is 12.1. The van der Waals surface area contributed by atoms with Crippen molar-refractivity contribution in [1.82, 2.24) is 15.6 Å². The first-order chi connectivity index (χ1) is 10.8. The van der Waals surface area contributed by atoms with Crippen LogP contribution in [0, 0.1) is 0 Å². The van der Waals surface area contributed by atoms with Gasteiger partial charge in [0.25, 0.3) is 0 Å². The van der Waals surface area contributed by atoms with Crippen LogP contribution in [-0.2, 0) is 14.3 Å². The van der Waals surface area contributed by atoms with Crippen molar-refractivity contribution in [2.24, 2.45) is 5.10 Å². The Labute approximate surface area is 135 Å². The SMILES string of the molecule is CC(C)(C)OC(=O)N1CC[C@@H]1C(=O)NCCCC1=NNC(=O)C1. The summed E-state index contributed by atoms with van der Waals surface area (Å²) in [5.74, 6) is -0.254. The molecule has 0 unspecified atom stereocenters. The summed E-state index contributed by atoms with van der Waals surface area (Å²) in [6.45, 7) is 6.42. The molecule has 3 amide bonds. The van der Waals surface area contributed by atoms with E-state index < -0.39 is 17.7 Å². The zero-order valence-corrected chi connectivity index (χ0v) is 13.8. The second-order valence-corrected chi connectivity index (χ2v) is 6.76. The van der Waals surface area contributed by atoms with E-state index >= 15 is 0 Å². The molecule has 1 saturated heterocycles. The van der Waals surface area contributed by atoms with Gasteiger partial charge < -0.3 is 10.1 Å². The molecule has 0 spiro atoms. The highest BCUT2D eigenvalue weighted by Crippen LogP contribution is 2.21. The molecular formula is C15H24N4O4. The molecular weight excluding hydrogens is 300 g/mol. The smallest absolute Gasteiger partial charge is 0.410 e. The highest BCUT2D eigenvalue weighted by molar-refractivity contribution is 6.04. The third-order valence-electron chi connectivity index (χ3n) is 3.60. The van der Waals surface area contributed by atoms with Crippen LogP contribution in [0.15, 0.2) is 5.10 Å². The molecule has 0 bridgehead atoms. The Morgan fingerprint density at radius 2 is 2.17 bits per heavy atom. The molecule has 0 aromatic rings. The van der Waals surface area contributed by atoms with Crippen LogP contribution in [0.2, 0.25) is 0 Å². The van der Waals surface area contributed by atoms with Crippen molar-refractivity contribution in [2.45, 2.75) is 58.1 Å². The molecule has 0 radical (unpaired) electrons. The van der Waals surface area contributed by atoms with Crippen molar-refractivity contribution >= 4 is 23.6 Å². The Kier molecular flexibility index (Phi) is 5.23. The van der Waals surface area contributed by atoms with Crippen LogP contribution in [-0.4, -0.2) is 53.3 Å². The summed E-state index contributed by atoms with van der Waals surface area (Å²) in [6.07, 6.45) is 1.91. The van der Waals surface area contributed by atoms with E-state index in [0.29, 0.717) is 38.8 Å². The normalized spacial score (nSPS) is 20.5. The Balaban J connectivity index is 1.67. The minimum atomic E-state index is -0.568. The molecule has 8 nitrogen and oxygen atoms in total. The Bertz CT molecular complexity index is 524. The predicted octanol–water partition coefficient (Wildman–Crippen LogP) is 0.768. The van der Waals surface area contributed by atoms with Crippen LogP contribution in [0.5, 0.6) is 0 Å². The summed E-state index contributed by atoms with van der Waals surface area (Å²) in [6, 6.07) is -0.447. The number of amides is 3. The molecule has 0 aromatic heterocycles. The van der Waals surface area contributed by atoms with Gasteiger partial charge in [0.1, 0.15) is 11.6 Å². The molecule has 2 N–H and O–H groups in total. The van der Waals surface area contributed by atoms with Crippen molar-refractivity contribution in [3.63, 3.8) is 0 Å². The average molecular weight is 324 g/mol. The highest BCUT2D eigenvalue weighted by atomic mass is 16.6. The van der Waals surface area contributed by atoms with Gasteiger partial charge >= 0.3 is 6.09 Å². The molecule has 2 aliphatic heterocycles. The Hall–Kier alpha value is -2.12. The molecule has 1 atom stereocenters. The minimum absolute atomic E-state index is 0.0912. The zero-order chi connectivity index (χ0) is 17.0. The van der Waals surface area contributed by atoms with Crippen LogP contribution >= 0.6 is 0 Å². The lowest BCUT2D eigenvalue weighted by molar-refractivity contribution is -0.130. The number of likely N-dealkylation sites (tertiary alicyclic amines) is 1. The quantitative estimate of drug-likeness (QED) is 0.729. The van der Waals surface area contributed by atoms with Crippen molar-refractivity contribution in [1.29, 1.82) is 0 Å². The predicted molar refractivity (Wildman–Crippen MR) is 83.8 cm³/mol. The lowest BCUT2D eigenvalue weighted by Gasteiger charge is -2.40. The van der Waals surface area contributed by atoms with Crippen LogP contribution < -0.4 is 10.7 Å². The standard InChI is InChI=1S/C15H24N4O4/c1-15(2,3)23-14(22)19-8-6-11(19)13(21)16-7-4-5-10-9-12(20)18-17-10/h11H,4-9H2,1-3H3,(H,16,21)(H,18,20)/t11-/m1/s1. The molecule has 23 heavy (non-hydrogen) atoms. The largest absolute Gasteiger partial charge is 0.444 e. The van der Waals surface area contributed by atoms with Crippen LogP contribution in [0.1, 0.15) is 46.5 Å². The van der Waals surface area contributed by atoms with Gasteiger partial charge in [-0.25, -0.2) is 10.2 Å². The number of carbonyl (C=O) groups is 3. The van der Waals surface area contributed by atoms with Crippen LogP contribution in [0.3, 0.4) is 0 Å². The minimum Gasteiger partial charge on any atom is -0.444 e. The molecule has 8 heteroatoms. The van der Waals surface area contributed by atoms with Crippen molar-refractivity contribution < 1.29 is 19.1 Å². The van der Waals surface area contributed by atoms with Gasteiger partial charge in [-0.05, 0) is 40.0 Å². The fourth-order valence-electron chi connectivity index (χ4n) is 2.37. The number of hydrogen-bond donors (Lipinski definition) is 2. The number of hydrazone groups is 1. The van der Waals surface area contributed by atoms with E-state index in [4.69, 9.17) is 4.74 Å². The number of nitrogens with one attached hydrogen (secondary N) is 2. The lowest BCUT2D eigenvalue weighted by Crippen LogP contribution is -2.59. The fourth-order valence-corrected chi connectivity index (χ4v) is 2.37. The second-order valence-electron chi connectivity index (χ2n) is 6.76. The maximum Gasteiger partial charge on any atom is 0.410 e. The average Bonchev–Trinajstić information content (AvgIpc) is 2.76. The summed E-state index contributed by atoms with van der Waals surface area (Å²) in [4.78, 5) is 36.5. The van der Waals surface area contributed by atoms with E-state index in [0.717, 1.165) is 5.71 Å². The van der Waals surface area contributed by atoms with Gasteiger partial charge in [0.15, 0.2) is 0 Å². The van der Waals surface area contributed by atoms with Crippen molar-refractivity contribution in [3.8, 4) is 0 Å². The number of nitrogens with zero attached hydrogens (tertiary/aromatic N) is 2. The van der Waals surface area contributed by atoms with Gasteiger partial charge in [-0.1, -0.05) is 0 Å².